The first kappa shape index (κ1) is 17.8. The molecule has 1 fully saturated rings. The Morgan fingerprint density at radius 2 is 2.03 bits per heavy atom. The SMILES string of the molecule is Cn1ccc(-c2ccc3nnn(Cc4ccc5nc(NC(=O)C6CC6)cn5n4)c3c2)c1. The molecule has 5 aromatic rings. The molecule has 1 N–H and O–H groups in total. The Morgan fingerprint density at radius 1 is 1.13 bits per heavy atom. The third kappa shape index (κ3) is 3.33. The first-order valence-electron chi connectivity index (χ1n) is 10.2. The molecule has 4 heterocycles. The Hall–Kier alpha value is -4.01. The second-order valence-electron chi connectivity index (χ2n) is 8.03. The largest absolute Gasteiger partial charge is 0.357 e. The van der Waals surface area contributed by atoms with Crippen molar-refractivity contribution in [2.75, 3.05) is 5.32 Å². The fraction of sp³-hybridized carbons (Fsp3) is 0.227. The number of nitrogens with one attached hydrogen (secondary N) is 1. The standard InChI is InChI=1S/C22H20N8O/c1-28-9-8-16(11-28)15-4-6-18-19(10-15)29(27-25-18)12-17-5-7-21-23-20(13-30(21)26-17)24-22(31)14-2-3-14/h4-11,13-14H,2-3,12H2,1H3,(H,24,31). The molecule has 0 radical (unpaired) electrons. The van der Waals surface area contributed by atoms with Crippen LogP contribution in [0.5, 0.6) is 0 Å². The molecule has 9 nitrogen and oxygen atoms in total. The van der Waals surface area contributed by atoms with Gasteiger partial charge >= 0.3 is 0 Å². The van der Waals surface area contributed by atoms with Gasteiger partial charge in [0.2, 0.25) is 5.91 Å². The van der Waals surface area contributed by atoms with Crippen LogP contribution in [0.1, 0.15) is 18.5 Å². The number of hydrogen-bond donors (Lipinski definition) is 1. The van der Waals surface area contributed by atoms with Gasteiger partial charge in [-0.25, -0.2) is 14.2 Å². The number of rotatable bonds is 5. The molecule has 0 saturated heterocycles. The highest BCUT2D eigenvalue weighted by atomic mass is 16.2. The van der Waals surface area contributed by atoms with Gasteiger partial charge in [-0.3, -0.25) is 4.79 Å². The number of carbonyl (C=O) groups excluding carboxylic acids is 1. The van der Waals surface area contributed by atoms with Gasteiger partial charge in [0.25, 0.3) is 0 Å². The van der Waals surface area contributed by atoms with E-state index in [1.807, 2.05) is 40.7 Å². The van der Waals surface area contributed by atoms with Crippen molar-refractivity contribution in [1.29, 1.82) is 0 Å². The summed E-state index contributed by atoms with van der Waals surface area (Å²) >= 11 is 0. The lowest BCUT2D eigenvalue weighted by atomic mass is 10.1. The number of aryl methyl sites for hydroxylation is 1. The van der Waals surface area contributed by atoms with Crippen LogP contribution in [0.15, 0.2) is 55.0 Å². The van der Waals surface area contributed by atoms with E-state index in [1.165, 1.54) is 0 Å². The van der Waals surface area contributed by atoms with Crippen molar-refractivity contribution in [3.05, 3.63) is 60.7 Å². The van der Waals surface area contributed by atoms with Crippen LogP contribution in [0.25, 0.3) is 27.8 Å². The summed E-state index contributed by atoms with van der Waals surface area (Å²) in [6.45, 7) is 0.479. The molecule has 31 heavy (non-hydrogen) atoms. The number of benzene rings is 1. The summed E-state index contributed by atoms with van der Waals surface area (Å²) in [6.07, 6.45) is 7.77. The molecule has 0 unspecified atom stereocenters. The quantitative estimate of drug-likeness (QED) is 0.479. The second kappa shape index (κ2) is 6.76. The van der Waals surface area contributed by atoms with Crippen molar-refractivity contribution in [1.82, 2.24) is 34.2 Å². The highest BCUT2D eigenvalue weighted by Crippen LogP contribution is 2.30. The van der Waals surface area contributed by atoms with Crippen LogP contribution < -0.4 is 5.32 Å². The number of imidazole rings is 1. The van der Waals surface area contributed by atoms with Gasteiger partial charge in [0.05, 0.1) is 24.0 Å². The van der Waals surface area contributed by atoms with Gasteiger partial charge in [0.15, 0.2) is 11.5 Å². The summed E-state index contributed by atoms with van der Waals surface area (Å²) < 4.78 is 5.57. The van der Waals surface area contributed by atoms with Crippen molar-refractivity contribution < 1.29 is 4.79 Å². The van der Waals surface area contributed by atoms with Crippen LogP contribution in [0.4, 0.5) is 5.82 Å². The van der Waals surface area contributed by atoms with Gasteiger partial charge in [0.1, 0.15) is 5.52 Å². The van der Waals surface area contributed by atoms with Crippen LogP contribution in [-0.2, 0) is 18.4 Å². The van der Waals surface area contributed by atoms with Gasteiger partial charge in [0, 0.05) is 25.4 Å². The summed E-state index contributed by atoms with van der Waals surface area (Å²) in [4.78, 5) is 16.4. The smallest absolute Gasteiger partial charge is 0.228 e. The van der Waals surface area contributed by atoms with Gasteiger partial charge in [-0.05, 0) is 54.3 Å². The number of hydrogen-bond acceptors (Lipinski definition) is 5. The number of carbonyl (C=O) groups is 1. The van der Waals surface area contributed by atoms with Crippen molar-refractivity contribution >= 4 is 28.4 Å². The Morgan fingerprint density at radius 3 is 2.84 bits per heavy atom. The minimum absolute atomic E-state index is 0.0342. The van der Waals surface area contributed by atoms with Crippen molar-refractivity contribution in [3.8, 4) is 11.1 Å². The molecule has 1 aliphatic rings. The van der Waals surface area contributed by atoms with Gasteiger partial charge in [-0.2, -0.15) is 5.10 Å². The summed E-state index contributed by atoms with van der Waals surface area (Å²) in [7, 11) is 2.01. The number of anilines is 1. The average Bonchev–Trinajstić information content (AvgIpc) is 3.23. The zero-order valence-electron chi connectivity index (χ0n) is 16.9. The van der Waals surface area contributed by atoms with Crippen molar-refractivity contribution in [2.45, 2.75) is 19.4 Å². The molecule has 1 aliphatic carbocycles. The molecule has 0 bridgehead atoms. The van der Waals surface area contributed by atoms with E-state index in [9.17, 15) is 4.79 Å². The fourth-order valence-electron chi connectivity index (χ4n) is 3.73. The van der Waals surface area contributed by atoms with E-state index in [4.69, 9.17) is 0 Å². The zero-order valence-corrected chi connectivity index (χ0v) is 16.9. The summed E-state index contributed by atoms with van der Waals surface area (Å²) in [5.41, 5.74) is 5.56. The van der Waals surface area contributed by atoms with E-state index in [0.29, 0.717) is 18.0 Å². The van der Waals surface area contributed by atoms with E-state index in [2.05, 4.69) is 50.1 Å². The van der Waals surface area contributed by atoms with E-state index >= 15 is 0 Å². The third-order valence-electron chi connectivity index (χ3n) is 5.57. The molecule has 1 amide bonds. The predicted molar refractivity (Wildman–Crippen MR) is 115 cm³/mol. The highest BCUT2D eigenvalue weighted by Gasteiger charge is 2.30. The Bertz CT molecular complexity index is 1440. The summed E-state index contributed by atoms with van der Waals surface area (Å²) in [6, 6.07) is 12.1. The lowest BCUT2D eigenvalue weighted by Gasteiger charge is -2.04. The van der Waals surface area contributed by atoms with Crippen LogP contribution in [0.3, 0.4) is 0 Å². The maximum Gasteiger partial charge on any atom is 0.228 e. The monoisotopic (exact) mass is 412 g/mol. The van der Waals surface area contributed by atoms with Gasteiger partial charge in [-0.1, -0.05) is 11.3 Å². The van der Waals surface area contributed by atoms with E-state index < -0.39 is 0 Å². The minimum atomic E-state index is 0.0342. The molecular weight excluding hydrogens is 392 g/mol. The number of fused-ring (bicyclic) bond motifs is 2. The first-order valence-corrected chi connectivity index (χ1v) is 10.2. The molecule has 0 atom stereocenters. The van der Waals surface area contributed by atoms with Crippen LogP contribution in [0.2, 0.25) is 0 Å². The van der Waals surface area contributed by atoms with Crippen LogP contribution in [-0.4, -0.2) is 40.1 Å². The van der Waals surface area contributed by atoms with E-state index in [0.717, 1.165) is 40.7 Å². The lowest BCUT2D eigenvalue weighted by Crippen LogP contribution is -2.13. The second-order valence-corrected chi connectivity index (χ2v) is 8.03. The topological polar surface area (TPSA) is 94.9 Å². The Kier molecular flexibility index (Phi) is 3.89. The molecule has 154 valence electrons. The maximum absolute atomic E-state index is 12.0. The Balaban J connectivity index is 1.29. The molecule has 0 spiro atoms. The third-order valence-corrected chi connectivity index (χ3v) is 5.57. The van der Waals surface area contributed by atoms with Gasteiger partial charge < -0.3 is 9.88 Å². The highest BCUT2D eigenvalue weighted by molar-refractivity contribution is 5.93. The summed E-state index contributed by atoms with van der Waals surface area (Å²) in [5, 5.41) is 16.1. The van der Waals surface area contributed by atoms with E-state index in [1.54, 1.807) is 10.7 Å². The minimum Gasteiger partial charge on any atom is -0.357 e. The average molecular weight is 412 g/mol. The van der Waals surface area contributed by atoms with Crippen LogP contribution in [0, 0.1) is 5.92 Å². The Labute approximate surface area is 177 Å². The molecule has 1 saturated carbocycles. The number of nitrogens with zero attached hydrogens (tertiary/aromatic N) is 7. The molecule has 1 aromatic carbocycles. The van der Waals surface area contributed by atoms with Crippen molar-refractivity contribution in [2.24, 2.45) is 13.0 Å². The molecule has 6 rings (SSSR count). The first-order chi connectivity index (χ1) is 15.1. The molecule has 9 heteroatoms. The number of aromatic nitrogens is 7. The molecular formula is C22H20N8O. The maximum atomic E-state index is 12.0. The predicted octanol–water partition coefficient (Wildman–Crippen LogP) is 2.88. The number of amides is 1. The molecule has 4 aromatic heterocycles. The zero-order chi connectivity index (χ0) is 20.9. The molecule has 0 aliphatic heterocycles. The van der Waals surface area contributed by atoms with E-state index in [-0.39, 0.29) is 11.8 Å². The lowest BCUT2D eigenvalue weighted by molar-refractivity contribution is -0.117. The van der Waals surface area contributed by atoms with Gasteiger partial charge in [-0.15, -0.1) is 5.10 Å². The normalized spacial score (nSPS) is 13.8. The fourth-order valence-corrected chi connectivity index (χ4v) is 3.73. The van der Waals surface area contributed by atoms with Crippen molar-refractivity contribution in [3.63, 3.8) is 0 Å². The van der Waals surface area contributed by atoms with Crippen LogP contribution >= 0.6 is 0 Å². The summed E-state index contributed by atoms with van der Waals surface area (Å²) in [5.74, 6) is 0.696.